The third-order valence-electron chi connectivity index (χ3n) is 5.07. The summed E-state index contributed by atoms with van der Waals surface area (Å²) in [5, 5.41) is 3.89. The minimum atomic E-state index is -3.72. The molecule has 0 spiro atoms. The van der Waals surface area contributed by atoms with E-state index in [1.54, 1.807) is 56.3 Å². The van der Waals surface area contributed by atoms with E-state index in [4.69, 9.17) is 16.3 Å². The van der Waals surface area contributed by atoms with Gasteiger partial charge < -0.3 is 10.1 Å². The first-order chi connectivity index (χ1) is 15.7. The van der Waals surface area contributed by atoms with E-state index < -0.39 is 10.0 Å². The molecule has 1 amide bonds. The first-order valence-corrected chi connectivity index (χ1v) is 13.0. The Labute approximate surface area is 203 Å². The number of thiazole rings is 1. The molecule has 0 fully saturated rings. The third-order valence-corrected chi connectivity index (χ3v) is 8.51. The summed E-state index contributed by atoms with van der Waals surface area (Å²) in [7, 11) is -2.28. The van der Waals surface area contributed by atoms with Gasteiger partial charge >= 0.3 is 0 Å². The molecular weight excluding hydrogens is 482 g/mol. The number of methoxy groups -OCH3 is 1. The fourth-order valence-electron chi connectivity index (χ4n) is 3.39. The first kappa shape index (κ1) is 25.2. The van der Waals surface area contributed by atoms with Crippen molar-refractivity contribution in [2.24, 2.45) is 0 Å². The summed E-state index contributed by atoms with van der Waals surface area (Å²) in [6.07, 6.45) is 0.194. The molecule has 0 aliphatic heterocycles. The number of carbonyl (C=O) groups is 1. The summed E-state index contributed by atoms with van der Waals surface area (Å²) < 4.78 is 33.0. The van der Waals surface area contributed by atoms with E-state index in [-0.39, 0.29) is 23.0 Å². The first-order valence-electron chi connectivity index (χ1n) is 10.4. The van der Waals surface area contributed by atoms with Crippen LogP contribution in [0.25, 0.3) is 10.4 Å². The minimum absolute atomic E-state index is 0.104. The molecule has 176 valence electrons. The summed E-state index contributed by atoms with van der Waals surface area (Å²) in [6, 6.07) is 12.1. The van der Waals surface area contributed by atoms with E-state index in [1.165, 1.54) is 22.8 Å². The number of carbonyl (C=O) groups excluding carboxylic acids is 1. The molecule has 10 heteroatoms. The Balaban J connectivity index is 1.88. The number of aromatic nitrogens is 1. The maximum Gasteiger partial charge on any atom is 0.246 e. The van der Waals surface area contributed by atoms with Crippen LogP contribution in [0.2, 0.25) is 5.02 Å². The van der Waals surface area contributed by atoms with Crippen LogP contribution in [-0.2, 0) is 21.2 Å². The van der Waals surface area contributed by atoms with Crippen LogP contribution < -0.4 is 10.1 Å². The molecule has 0 saturated carbocycles. The van der Waals surface area contributed by atoms with E-state index >= 15 is 0 Å². The van der Waals surface area contributed by atoms with Crippen LogP contribution in [0.15, 0.2) is 47.4 Å². The molecule has 1 aromatic heterocycles. The molecule has 1 heterocycles. The van der Waals surface area contributed by atoms with Crippen molar-refractivity contribution in [2.75, 3.05) is 25.5 Å². The fraction of sp³-hybridized carbons (Fsp3) is 0.304. The average Bonchev–Trinajstić information content (AvgIpc) is 3.15. The molecule has 2 aromatic carbocycles. The lowest BCUT2D eigenvalue weighted by Crippen LogP contribution is -2.30. The predicted molar refractivity (Wildman–Crippen MR) is 133 cm³/mol. The van der Waals surface area contributed by atoms with Crippen LogP contribution in [0.4, 0.5) is 5.13 Å². The number of nitrogens with one attached hydrogen (secondary N) is 1. The number of ether oxygens (including phenoxy) is 1. The molecule has 0 atom stereocenters. The van der Waals surface area contributed by atoms with Crippen LogP contribution in [-0.4, -0.2) is 43.8 Å². The van der Waals surface area contributed by atoms with Gasteiger partial charge in [-0.25, -0.2) is 13.4 Å². The third kappa shape index (κ3) is 5.73. The molecule has 0 aliphatic rings. The van der Waals surface area contributed by atoms with E-state index in [1.807, 2.05) is 6.92 Å². The van der Waals surface area contributed by atoms with Crippen LogP contribution in [0.5, 0.6) is 5.75 Å². The van der Waals surface area contributed by atoms with Gasteiger partial charge in [-0.1, -0.05) is 48.9 Å². The van der Waals surface area contributed by atoms with Gasteiger partial charge in [-0.05, 0) is 48.4 Å². The summed E-state index contributed by atoms with van der Waals surface area (Å²) in [5.41, 5.74) is 2.22. The molecule has 3 rings (SSSR count). The Morgan fingerprint density at radius 3 is 2.42 bits per heavy atom. The Kier molecular flexibility index (Phi) is 8.12. The van der Waals surface area contributed by atoms with Gasteiger partial charge in [0.2, 0.25) is 15.9 Å². The number of halogens is 1. The number of hydrogen-bond acceptors (Lipinski definition) is 6. The Morgan fingerprint density at radius 1 is 1.15 bits per heavy atom. The fourth-order valence-corrected chi connectivity index (χ4v) is 6.14. The maximum absolute atomic E-state index is 13.2. The van der Waals surface area contributed by atoms with Crippen molar-refractivity contribution in [2.45, 2.75) is 32.1 Å². The van der Waals surface area contributed by atoms with Crippen LogP contribution >= 0.6 is 22.9 Å². The zero-order chi connectivity index (χ0) is 24.2. The van der Waals surface area contributed by atoms with Crippen LogP contribution in [0, 0.1) is 6.92 Å². The van der Waals surface area contributed by atoms with Gasteiger partial charge in [0.15, 0.2) is 5.13 Å². The Bertz CT molecular complexity index is 1240. The summed E-state index contributed by atoms with van der Waals surface area (Å²) in [4.78, 5) is 17.8. The van der Waals surface area contributed by atoms with Crippen molar-refractivity contribution < 1.29 is 17.9 Å². The maximum atomic E-state index is 13.2. The minimum Gasteiger partial charge on any atom is -0.495 e. The highest BCUT2D eigenvalue weighted by Gasteiger charge is 2.26. The van der Waals surface area contributed by atoms with Gasteiger partial charge in [-0.3, -0.25) is 4.79 Å². The molecule has 0 unspecified atom stereocenters. The number of anilines is 1. The topological polar surface area (TPSA) is 88.6 Å². The number of aryl methyl sites for hydroxylation is 1. The molecule has 1 N–H and O–H groups in total. The van der Waals surface area contributed by atoms with Gasteiger partial charge in [0.25, 0.3) is 0 Å². The van der Waals surface area contributed by atoms with Crippen LogP contribution in [0.1, 0.15) is 25.1 Å². The molecular formula is C23H26ClN3O4S2. The predicted octanol–water partition coefficient (Wildman–Crippen LogP) is 4.99. The average molecular weight is 508 g/mol. The normalized spacial score (nSPS) is 11.6. The highest BCUT2D eigenvalue weighted by molar-refractivity contribution is 7.89. The molecule has 0 bridgehead atoms. The zero-order valence-corrected chi connectivity index (χ0v) is 21.3. The van der Waals surface area contributed by atoms with E-state index in [0.29, 0.717) is 34.5 Å². The monoisotopic (exact) mass is 507 g/mol. The van der Waals surface area contributed by atoms with E-state index in [2.05, 4.69) is 10.3 Å². The van der Waals surface area contributed by atoms with Crippen molar-refractivity contribution in [1.29, 1.82) is 0 Å². The van der Waals surface area contributed by atoms with Crippen molar-refractivity contribution >= 4 is 44.0 Å². The highest BCUT2D eigenvalue weighted by Crippen LogP contribution is 2.37. The van der Waals surface area contributed by atoms with Gasteiger partial charge in [0.05, 0.1) is 24.1 Å². The second-order valence-electron chi connectivity index (χ2n) is 7.24. The van der Waals surface area contributed by atoms with Crippen molar-refractivity contribution in [3.05, 3.63) is 58.7 Å². The summed E-state index contributed by atoms with van der Waals surface area (Å²) in [6.45, 7) is 6.13. The summed E-state index contributed by atoms with van der Waals surface area (Å²) >= 11 is 7.18. The second-order valence-corrected chi connectivity index (χ2v) is 10.6. The Hall–Kier alpha value is -2.46. The van der Waals surface area contributed by atoms with Crippen molar-refractivity contribution in [3.63, 3.8) is 0 Å². The number of amides is 1. The number of benzene rings is 2. The molecule has 7 nitrogen and oxygen atoms in total. The Morgan fingerprint density at radius 2 is 1.82 bits per heavy atom. The zero-order valence-electron chi connectivity index (χ0n) is 18.9. The number of nitrogens with zero attached hydrogens (tertiary/aromatic N) is 2. The lowest BCUT2D eigenvalue weighted by molar-refractivity contribution is -0.115. The van der Waals surface area contributed by atoms with Gasteiger partial charge in [-0.2, -0.15) is 4.31 Å². The largest absolute Gasteiger partial charge is 0.495 e. The molecule has 0 radical (unpaired) electrons. The van der Waals surface area contributed by atoms with Crippen LogP contribution in [0.3, 0.4) is 0 Å². The lowest BCUT2D eigenvalue weighted by Gasteiger charge is -2.20. The SMILES string of the molecule is CCN(CC)S(=O)(=O)c1cc(-c2sc(NC(=O)Cc3ccc(Cl)cc3)nc2C)ccc1OC. The molecule has 0 aliphatic carbocycles. The second kappa shape index (κ2) is 10.6. The van der Waals surface area contributed by atoms with Crippen molar-refractivity contribution in [3.8, 4) is 16.2 Å². The molecule has 33 heavy (non-hydrogen) atoms. The standard InChI is InChI=1S/C23H26ClN3O4S2/c1-5-27(6-2)33(29,30)20-14-17(9-12-19(20)31-4)22-15(3)25-23(32-22)26-21(28)13-16-7-10-18(24)11-8-16/h7-12,14H,5-6,13H2,1-4H3,(H,25,26,28). The van der Waals surface area contributed by atoms with Crippen molar-refractivity contribution in [1.82, 2.24) is 9.29 Å². The smallest absolute Gasteiger partial charge is 0.246 e. The lowest BCUT2D eigenvalue weighted by atomic mass is 10.1. The van der Waals surface area contributed by atoms with Gasteiger partial charge in [-0.15, -0.1) is 0 Å². The molecule has 3 aromatic rings. The van der Waals surface area contributed by atoms with E-state index in [0.717, 1.165) is 10.4 Å². The number of sulfonamides is 1. The quantitative estimate of drug-likeness (QED) is 0.440. The number of hydrogen-bond donors (Lipinski definition) is 1. The van der Waals surface area contributed by atoms with Gasteiger partial charge in [0.1, 0.15) is 10.6 Å². The highest BCUT2D eigenvalue weighted by atomic mass is 35.5. The molecule has 0 saturated heterocycles. The van der Waals surface area contributed by atoms with E-state index in [9.17, 15) is 13.2 Å². The van der Waals surface area contributed by atoms with Gasteiger partial charge in [0, 0.05) is 18.1 Å². The number of rotatable bonds is 9. The summed E-state index contributed by atoms with van der Waals surface area (Å²) in [5.74, 6) is 0.0847.